The molecular formula is C52H90O3P. The van der Waals surface area contributed by atoms with Crippen LogP contribution in [0.1, 0.15) is 256 Å². The van der Waals surface area contributed by atoms with Crippen LogP contribution in [0.4, 0.5) is 0 Å². The molecule has 0 fully saturated rings. The summed E-state index contributed by atoms with van der Waals surface area (Å²) < 4.78 is 20.4. The Morgan fingerprint density at radius 3 is 1.36 bits per heavy atom. The minimum Gasteiger partial charge on any atom is -0.426 e. The molecule has 0 aromatic heterocycles. The van der Waals surface area contributed by atoms with Crippen molar-refractivity contribution in [2.45, 2.75) is 247 Å². The second-order valence-corrected chi connectivity index (χ2v) is 20.2. The van der Waals surface area contributed by atoms with Crippen LogP contribution in [0.3, 0.4) is 0 Å². The first-order chi connectivity index (χ1) is 26.8. The summed E-state index contributed by atoms with van der Waals surface area (Å²) in [6, 6.07) is 13.1. The van der Waals surface area contributed by atoms with Crippen molar-refractivity contribution in [2.75, 3.05) is 13.2 Å². The van der Waals surface area contributed by atoms with Crippen molar-refractivity contribution in [1.82, 2.24) is 0 Å². The average Bonchev–Trinajstić information content (AvgIpc) is 3.14. The first-order valence-corrected chi connectivity index (χ1v) is 24.9. The van der Waals surface area contributed by atoms with Crippen molar-refractivity contribution in [3.8, 4) is 5.75 Å². The third-order valence-corrected chi connectivity index (χ3v) is 12.7. The summed E-state index contributed by atoms with van der Waals surface area (Å²) in [5, 5.41) is 0. The van der Waals surface area contributed by atoms with Gasteiger partial charge in [0.05, 0.1) is 13.2 Å². The third kappa shape index (κ3) is 20.0. The molecule has 0 saturated carbocycles. The summed E-state index contributed by atoms with van der Waals surface area (Å²) in [6.45, 7) is 26.6. The van der Waals surface area contributed by atoms with Crippen LogP contribution in [0.5, 0.6) is 5.75 Å². The number of benzene rings is 2. The minimum absolute atomic E-state index is 0.0271. The highest BCUT2D eigenvalue weighted by molar-refractivity contribution is 7.42. The third-order valence-electron chi connectivity index (χ3n) is 11.6. The van der Waals surface area contributed by atoms with Gasteiger partial charge in [-0.15, -0.1) is 0 Å². The molecule has 0 aliphatic carbocycles. The Bertz CT molecular complexity index is 1260. The van der Waals surface area contributed by atoms with E-state index in [0.29, 0.717) is 13.2 Å². The molecule has 2 rings (SSSR count). The van der Waals surface area contributed by atoms with E-state index >= 15 is 0 Å². The monoisotopic (exact) mass is 794 g/mol. The molecule has 0 amide bonds. The van der Waals surface area contributed by atoms with E-state index < -0.39 is 8.60 Å². The van der Waals surface area contributed by atoms with Gasteiger partial charge in [-0.1, -0.05) is 221 Å². The lowest BCUT2D eigenvalue weighted by Gasteiger charge is -2.31. The molecule has 0 spiro atoms. The van der Waals surface area contributed by atoms with E-state index in [4.69, 9.17) is 13.6 Å². The maximum Gasteiger partial charge on any atom is 0.397 e. The van der Waals surface area contributed by atoms with Crippen LogP contribution in [0.2, 0.25) is 0 Å². The Labute approximate surface area is 350 Å². The first kappa shape index (κ1) is 50.7. The molecule has 0 heterocycles. The smallest absolute Gasteiger partial charge is 0.397 e. The molecule has 1 atom stereocenters. The van der Waals surface area contributed by atoms with E-state index in [-0.39, 0.29) is 16.7 Å². The number of aryl methyl sites for hydroxylation is 2. The lowest BCUT2D eigenvalue weighted by molar-refractivity contribution is 0.197. The van der Waals surface area contributed by atoms with Crippen molar-refractivity contribution >= 4 is 8.60 Å². The van der Waals surface area contributed by atoms with Gasteiger partial charge in [0.25, 0.3) is 0 Å². The molecule has 0 aliphatic heterocycles. The van der Waals surface area contributed by atoms with Crippen LogP contribution >= 0.6 is 8.60 Å². The van der Waals surface area contributed by atoms with Crippen LogP contribution in [0.25, 0.3) is 0 Å². The van der Waals surface area contributed by atoms with Gasteiger partial charge in [0.1, 0.15) is 5.75 Å². The number of hydrogen-bond acceptors (Lipinski definition) is 3. The van der Waals surface area contributed by atoms with Gasteiger partial charge in [0, 0.05) is 17.0 Å². The molecule has 321 valence electrons. The van der Waals surface area contributed by atoms with Crippen LogP contribution in [-0.4, -0.2) is 13.2 Å². The van der Waals surface area contributed by atoms with Gasteiger partial charge in [-0.2, -0.15) is 0 Å². The zero-order chi connectivity index (χ0) is 41.2. The number of unbranched alkanes of at least 4 members (excludes halogenated alkanes) is 20. The average molecular weight is 794 g/mol. The van der Waals surface area contributed by atoms with Crippen LogP contribution in [0.15, 0.2) is 24.3 Å². The second-order valence-electron chi connectivity index (χ2n) is 19.0. The molecule has 1 radical (unpaired) electrons. The van der Waals surface area contributed by atoms with E-state index in [0.717, 1.165) is 31.4 Å². The highest BCUT2D eigenvalue weighted by atomic mass is 31.2. The lowest BCUT2D eigenvalue weighted by atomic mass is 9.76. The fourth-order valence-corrected chi connectivity index (χ4v) is 8.98. The molecule has 0 bridgehead atoms. The van der Waals surface area contributed by atoms with Crippen molar-refractivity contribution in [3.05, 3.63) is 63.7 Å². The molecular weight excluding hydrogens is 704 g/mol. The normalized spacial score (nSPS) is 12.9. The quantitative estimate of drug-likeness (QED) is 0.0545. The SMILES string of the molecule is CCCCCCCCCCCCCOP(OCCCCCCCCCCCCC)Oc1c(C(C)(C)C)ccc(C)c1C(CCC)c1[c]c(C(C)(C)C)ccc1C. The molecule has 0 aliphatic rings. The zero-order valence-corrected chi connectivity index (χ0v) is 39.8. The molecule has 4 heteroatoms. The van der Waals surface area contributed by atoms with Crippen LogP contribution < -0.4 is 4.52 Å². The lowest BCUT2D eigenvalue weighted by Crippen LogP contribution is -2.18. The zero-order valence-electron chi connectivity index (χ0n) is 38.9. The Hall–Kier alpha value is -1.41. The fraction of sp³-hybridized carbons (Fsp3) is 0.769. The number of hydrogen-bond donors (Lipinski definition) is 0. The topological polar surface area (TPSA) is 27.7 Å². The summed E-state index contributed by atoms with van der Waals surface area (Å²) in [7, 11) is -1.55. The van der Waals surface area contributed by atoms with Gasteiger partial charge in [0.2, 0.25) is 0 Å². The summed E-state index contributed by atoms with van der Waals surface area (Å²) in [4.78, 5) is 0. The highest BCUT2D eigenvalue weighted by Crippen LogP contribution is 2.50. The van der Waals surface area contributed by atoms with Crippen molar-refractivity contribution in [3.63, 3.8) is 0 Å². The first-order valence-electron chi connectivity index (χ1n) is 23.8. The van der Waals surface area contributed by atoms with Gasteiger partial charge >= 0.3 is 8.60 Å². The molecule has 2 aromatic rings. The minimum atomic E-state index is -1.55. The summed E-state index contributed by atoms with van der Waals surface area (Å²) in [5.41, 5.74) is 7.57. The van der Waals surface area contributed by atoms with E-state index in [2.05, 4.69) is 106 Å². The van der Waals surface area contributed by atoms with E-state index in [9.17, 15) is 0 Å². The van der Waals surface area contributed by atoms with E-state index in [1.54, 1.807) is 0 Å². The Morgan fingerprint density at radius 2 is 0.946 bits per heavy atom. The van der Waals surface area contributed by atoms with Crippen LogP contribution in [-0.2, 0) is 19.9 Å². The van der Waals surface area contributed by atoms with Crippen molar-refractivity contribution in [1.29, 1.82) is 0 Å². The molecule has 56 heavy (non-hydrogen) atoms. The number of rotatable bonds is 32. The summed E-state index contributed by atoms with van der Waals surface area (Å²) in [5.74, 6) is 1.16. The molecule has 0 saturated heterocycles. The maximum absolute atomic E-state index is 7.18. The molecule has 1 unspecified atom stereocenters. The standard InChI is InChI=1S/C52H90O3P/c1-12-15-17-19-21-23-25-27-29-31-33-40-53-56(54-41-34-32-30-28-26-24-22-20-18-16-13-2)55-50-48(52(9,10)11)39-37-44(5)49(50)46(35-14-3)47-42-45(51(6,7)8)38-36-43(47)4/h36-39,46H,12-35,40-41H2,1-11H3. The van der Waals surface area contributed by atoms with Gasteiger partial charge in [-0.3, -0.25) is 0 Å². The summed E-state index contributed by atoms with van der Waals surface area (Å²) >= 11 is 0. The Kier molecular flexibility index (Phi) is 26.2. The maximum atomic E-state index is 7.18. The van der Waals surface area contributed by atoms with Crippen molar-refractivity contribution < 1.29 is 13.6 Å². The van der Waals surface area contributed by atoms with Gasteiger partial charge in [-0.25, -0.2) is 0 Å². The highest BCUT2D eigenvalue weighted by Gasteiger charge is 2.31. The predicted octanol–water partition coefficient (Wildman–Crippen LogP) is 17.9. The second kappa shape index (κ2) is 28.9. The Morgan fingerprint density at radius 1 is 0.518 bits per heavy atom. The van der Waals surface area contributed by atoms with Gasteiger partial charge in [-0.05, 0) is 72.3 Å². The molecule has 2 aromatic carbocycles. The fourth-order valence-electron chi connectivity index (χ4n) is 7.90. The van der Waals surface area contributed by atoms with E-state index in [1.807, 2.05) is 0 Å². The summed E-state index contributed by atoms with van der Waals surface area (Å²) in [6.07, 6.45) is 31.2. The van der Waals surface area contributed by atoms with E-state index in [1.165, 1.54) is 162 Å². The Balaban J connectivity index is 2.24. The van der Waals surface area contributed by atoms with Gasteiger partial charge < -0.3 is 13.6 Å². The molecule has 0 N–H and O–H groups in total. The molecule has 3 nitrogen and oxygen atoms in total. The van der Waals surface area contributed by atoms with Crippen LogP contribution in [0, 0.1) is 19.9 Å². The van der Waals surface area contributed by atoms with Crippen molar-refractivity contribution in [2.24, 2.45) is 0 Å². The van der Waals surface area contributed by atoms with Gasteiger partial charge in [0.15, 0.2) is 0 Å². The predicted molar refractivity (Wildman–Crippen MR) is 248 cm³/mol. The largest absolute Gasteiger partial charge is 0.426 e.